The highest BCUT2D eigenvalue weighted by molar-refractivity contribution is 5.99. The Morgan fingerprint density at radius 3 is 1.94 bits per heavy atom. The molecule has 1 saturated carbocycles. The van der Waals surface area contributed by atoms with Crippen molar-refractivity contribution in [3.8, 4) is 0 Å². The standard InChI is InChI=1S/C14H24O4/c1-4-14(12(15)17-2,13(16)18-3)10-11-8-6-5-7-9-11/h11H,4-10H2,1-3H3. The molecule has 4 nitrogen and oxygen atoms in total. The Hall–Kier alpha value is -1.06. The summed E-state index contributed by atoms with van der Waals surface area (Å²) in [4.78, 5) is 24.0. The predicted molar refractivity (Wildman–Crippen MR) is 67.9 cm³/mol. The lowest BCUT2D eigenvalue weighted by Crippen LogP contribution is -2.42. The quantitative estimate of drug-likeness (QED) is 0.560. The number of hydrogen-bond donors (Lipinski definition) is 0. The van der Waals surface area contributed by atoms with Gasteiger partial charge in [-0.15, -0.1) is 0 Å². The Labute approximate surface area is 109 Å². The van der Waals surface area contributed by atoms with Crippen molar-refractivity contribution >= 4 is 11.9 Å². The zero-order valence-corrected chi connectivity index (χ0v) is 11.7. The number of esters is 2. The molecule has 0 aromatic heterocycles. The van der Waals surface area contributed by atoms with Crippen molar-refractivity contribution in [2.75, 3.05) is 14.2 Å². The molecular weight excluding hydrogens is 232 g/mol. The van der Waals surface area contributed by atoms with Gasteiger partial charge in [0.15, 0.2) is 5.41 Å². The molecule has 0 amide bonds. The van der Waals surface area contributed by atoms with Crippen molar-refractivity contribution in [2.24, 2.45) is 11.3 Å². The molecule has 1 aliphatic carbocycles. The van der Waals surface area contributed by atoms with Gasteiger partial charge in [-0.1, -0.05) is 39.0 Å². The SMILES string of the molecule is CCC(CC1CCCCC1)(C(=O)OC)C(=O)OC. The molecule has 0 aromatic rings. The third-order valence-corrected chi connectivity index (χ3v) is 4.12. The van der Waals surface area contributed by atoms with E-state index in [0.717, 1.165) is 12.8 Å². The Morgan fingerprint density at radius 1 is 1.06 bits per heavy atom. The molecule has 1 rings (SSSR count). The van der Waals surface area contributed by atoms with Gasteiger partial charge in [-0.2, -0.15) is 0 Å². The molecule has 1 aliphatic rings. The Morgan fingerprint density at radius 2 is 1.56 bits per heavy atom. The summed E-state index contributed by atoms with van der Waals surface area (Å²) in [5.41, 5.74) is -1.11. The van der Waals surface area contributed by atoms with E-state index in [9.17, 15) is 9.59 Å². The van der Waals surface area contributed by atoms with Crippen LogP contribution in [-0.4, -0.2) is 26.2 Å². The molecule has 0 heterocycles. The third kappa shape index (κ3) is 3.03. The van der Waals surface area contributed by atoms with E-state index in [1.165, 1.54) is 33.5 Å². The maximum absolute atomic E-state index is 12.0. The molecule has 4 heteroatoms. The van der Waals surface area contributed by atoms with Gasteiger partial charge in [0, 0.05) is 0 Å². The van der Waals surface area contributed by atoms with Crippen LogP contribution in [-0.2, 0) is 19.1 Å². The summed E-state index contributed by atoms with van der Waals surface area (Å²) >= 11 is 0. The molecule has 0 aliphatic heterocycles. The second-order valence-electron chi connectivity index (χ2n) is 5.13. The lowest BCUT2D eigenvalue weighted by molar-refractivity contribution is -0.171. The summed E-state index contributed by atoms with van der Waals surface area (Å²) in [5, 5.41) is 0. The van der Waals surface area contributed by atoms with Crippen LogP contribution in [0.5, 0.6) is 0 Å². The highest BCUT2D eigenvalue weighted by Gasteiger charge is 2.48. The van der Waals surface area contributed by atoms with Crippen molar-refractivity contribution in [3.63, 3.8) is 0 Å². The largest absolute Gasteiger partial charge is 0.468 e. The first kappa shape index (κ1) is 15.0. The molecule has 0 atom stereocenters. The lowest BCUT2D eigenvalue weighted by atomic mass is 9.73. The summed E-state index contributed by atoms with van der Waals surface area (Å²) < 4.78 is 9.66. The normalized spacial score (nSPS) is 17.3. The molecule has 0 bridgehead atoms. The van der Waals surface area contributed by atoms with Crippen LogP contribution in [0.3, 0.4) is 0 Å². The number of ether oxygens (including phenoxy) is 2. The lowest BCUT2D eigenvalue weighted by Gasteiger charge is -2.32. The molecule has 18 heavy (non-hydrogen) atoms. The first-order valence-electron chi connectivity index (χ1n) is 6.77. The Bertz CT molecular complexity index is 276. The van der Waals surface area contributed by atoms with Gasteiger partial charge in [0.1, 0.15) is 0 Å². The Balaban J connectivity index is 2.87. The first-order valence-corrected chi connectivity index (χ1v) is 6.77. The van der Waals surface area contributed by atoms with Crippen LogP contribution in [0.4, 0.5) is 0 Å². The molecule has 1 fully saturated rings. The highest BCUT2D eigenvalue weighted by atomic mass is 16.5. The maximum atomic E-state index is 12.0. The number of methoxy groups -OCH3 is 2. The van der Waals surface area contributed by atoms with Crippen LogP contribution >= 0.6 is 0 Å². The molecule has 0 N–H and O–H groups in total. The zero-order valence-electron chi connectivity index (χ0n) is 11.7. The van der Waals surface area contributed by atoms with Gasteiger partial charge in [-0.3, -0.25) is 9.59 Å². The summed E-state index contributed by atoms with van der Waals surface area (Å²) in [6.07, 6.45) is 6.81. The smallest absolute Gasteiger partial charge is 0.323 e. The molecule has 0 radical (unpaired) electrons. The van der Waals surface area contributed by atoms with E-state index in [1.54, 1.807) is 0 Å². The molecule has 0 aromatic carbocycles. The summed E-state index contributed by atoms with van der Waals surface area (Å²) in [6, 6.07) is 0. The van der Waals surface area contributed by atoms with Gasteiger partial charge in [-0.05, 0) is 18.8 Å². The predicted octanol–water partition coefficient (Wildman–Crippen LogP) is 2.70. The van der Waals surface area contributed by atoms with E-state index < -0.39 is 17.4 Å². The van der Waals surface area contributed by atoms with E-state index in [4.69, 9.17) is 9.47 Å². The van der Waals surface area contributed by atoms with Crippen molar-refractivity contribution < 1.29 is 19.1 Å². The Kier molecular flexibility index (Phi) is 5.63. The van der Waals surface area contributed by atoms with Crippen molar-refractivity contribution in [1.29, 1.82) is 0 Å². The summed E-state index contributed by atoms with van der Waals surface area (Å²) in [5.74, 6) is -0.484. The van der Waals surface area contributed by atoms with Gasteiger partial charge in [0.05, 0.1) is 14.2 Å². The van der Waals surface area contributed by atoms with Gasteiger partial charge < -0.3 is 9.47 Å². The number of hydrogen-bond acceptors (Lipinski definition) is 4. The van der Waals surface area contributed by atoms with E-state index in [0.29, 0.717) is 18.8 Å². The average molecular weight is 256 g/mol. The minimum atomic E-state index is -1.11. The molecule has 0 spiro atoms. The molecule has 0 saturated heterocycles. The van der Waals surface area contributed by atoms with E-state index in [1.807, 2.05) is 6.92 Å². The van der Waals surface area contributed by atoms with Gasteiger partial charge >= 0.3 is 11.9 Å². The molecular formula is C14H24O4. The zero-order chi connectivity index (χ0) is 13.6. The van der Waals surface area contributed by atoms with Crippen LogP contribution in [0.1, 0.15) is 51.9 Å². The minimum absolute atomic E-state index is 0.428. The fourth-order valence-corrected chi connectivity index (χ4v) is 2.96. The third-order valence-electron chi connectivity index (χ3n) is 4.12. The molecule has 0 unspecified atom stereocenters. The van der Waals surface area contributed by atoms with Crippen LogP contribution in [0, 0.1) is 11.3 Å². The minimum Gasteiger partial charge on any atom is -0.468 e. The fraction of sp³-hybridized carbons (Fsp3) is 0.857. The number of rotatable bonds is 5. The number of carbonyl (C=O) groups is 2. The average Bonchev–Trinajstić information content (AvgIpc) is 2.44. The summed E-state index contributed by atoms with van der Waals surface area (Å²) in [6.45, 7) is 1.84. The van der Waals surface area contributed by atoms with Gasteiger partial charge in [0.2, 0.25) is 0 Å². The van der Waals surface area contributed by atoms with E-state index in [2.05, 4.69) is 0 Å². The monoisotopic (exact) mass is 256 g/mol. The number of carbonyl (C=O) groups excluding carboxylic acids is 2. The van der Waals surface area contributed by atoms with Crippen LogP contribution in [0.15, 0.2) is 0 Å². The van der Waals surface area contributed by atoms with E-state index in [-0.39, 0.29) is 0 Å². The molecule has 104 valence electrons. The second-order valence-corrected chi connectivity index (χ2v) is 5.13. The highest BCUT2D eigenvalue weighted by Crippen LogP contribution is 2.38. The maximum Gasteiger partial charge on any atom is 0.323 e. The van der Waals surface area contributed by atoms with Crippen molar-refractivity contribution in [1.82, 2.24) is 0 Å². The van der Waals surface area contributed by atoms with Gasteiger partial charge in [-0.25, -0.2) is 0 Å². The second kappa shape index (κ2) is 6.76. The van der Waals surface area contributed by atoms with Crippen LogP contribution < -0.4 is 0 Å². The summed E-state index contributed by atoms with van der Waals surface area (Å²) in [7, 11) is 2.66. The topological polar surface area (TPSA) is 52.6 Å². The fourth-order valence-electron chi connectivity index (χ4n) is 2.96. The van der Waals surface area contributed by atoms with Gasteiger partial charge in [0.25, 0.3) is 0 Å². The first-order chi connectivity index (χ1) is 8.60. The van der Waals surface area contributed by atoms with Crippen molar-refractivity contribution in [2.45, 2.75) is 51.9 Å². The van der Waals surface area contributed by atoms with Crippen LogP contribution in [0.2, 0.25) is 0 Å². The van der Waals surface area contributed by atoms with Crippen LogP contribution in [0.25, 0.3) is 0 Å². The van der Waals surface area contributed by atoms with Crippen molar-refractivity contribution in [3.05, 3.63) is 0 Å². The van der Waals surface area contributed by atoms with E-state index >= 15 is 0 Å².